The molecular formula is C16H23FN2O. The fourth-order valence-electron chi connectivity index (χ4n) is 2.82. The second-order valence-corrected chi connectivity index (χ2v) is 5.66. The van der Waals surface area contributed by atoms with Gasteiger partial charge < -0.3 is 10.6 Å². The van der Waals surface area contributed by atoms with Crippen molar-refractivity contribution in [3.8, 4) is 0 Å². The molecule has 2 N–H and O–H groups in total. The number of rotatable bonds is 5. The molecule has 2 rings (SSSR count). The quantitative estimate of drug-likeness (QED) is 0.898. The summed E-state index contributed by atoms with van der Waals surface area (Å²) in [7, 11) is 0. The van der Waals surface area contributed by atoms with Gasteiger partial charge in [-0.1, -0.05) is 25.5 Å². The molecule has 110 valence electrons. The lowest BCUT2D eigenvalue weighted by Gasteiger charge is -2.20. The molecule has 1 amide bonds. The number of amides is 1. The van der Waals surface area contributed by atoms with Crippen LogP contribution < -0.4 is 5.73 Å². The van der Waals surface area contributed by atoms with Crippen molar-refractivity contribution in [2.45, 2.75) is 38.6 Å². The molecule has 0 aliphatic carbocycles. The monoisotopic (exact) mass is 278 g/mol. The Hall–Kier alpha value is -1.42. The second-order valence-electron chi connectivity index (χ2n) is 5.66. The van der Waals surface area contributed by atoms with Crippen LogP contribution in [-0.2, 0) is 11.2 Å². The van der Waals surface area contributed by atoms with E-state index in [4.69, 9.17) is 5.73 Å². The Bertz CT molecular complexity index is 446. The SMILES string of the molecule is CCCC(N)C(=O)N1CCC(Cc2ccc(F)cc2)C1. The summed E-state index contributed by atoms with van der Waals surface area (Å²) in [6.45, 7) is 3.60. The van der Waals surface area contributed by atoms with E-state index in [-0.39, 0.29) is 17.8 Å². The average Bonchev–Trinajstić information content (AvgIpc) is 2.89. The van der Waals surface area contributed by atoms with Crippen molar-refractivity contribution in [3.63, 3.8) is 0 Å². The molecule has 1 aliphatic rings. The molecule has 0 saturated carbocycles. The van der Waals surface area contributed by atoms with Crippen molar-refractivity contribution in [1.29, 1.82) is 0 Å². The van der Waals surface area contributed by atoms with Crippen LogP contribution in [0.5, 0.6) is 0 Å². The highest BCUT2D eigenvalue weighted by molar-refractivity contribution is 5.81. The lowest BCUT2D eigenvalue weighted by molar-refractivity contribution is -0.131. The van der Waals surface area contributed by atoms with Crippen molar-refractivity contribution in [3.05, 3.63) is 35.6 Å². The van der Waals surface area contributed by atoms with Crippen molar-refractivity contribution < 1.29 is 9.18 Å². The molecule has 1 saturated heterocycles. The number of carbonyl (C=O) groups excluding carboxylic acids is 1. The highest BCUT2D eigenvalue weighted by Crippen LogP contribution is 2.21. The average molecular weight is 278 g/mol. The fraction of sp³-hybridized carbons (Fsp3) is 0.562. The van der Waals surface area contributed by atoms with Crippen LogP contribution in [-0.4, -0.2) is 29.9 Å². The van der Waals surface area contributed by atoms with Crippen molar-refractivity contribution in [2.75, 3.05) is 13.1 Å². The van der Waals surface area contributed by atoms with Gasteiger partial charge in [0.25, 0.3) is 0 Å². The van der Waals surface area contributed by atoms with Crippen LogP contribution in [0.2, 0.25) is 0 Å². The van der Waals surface area contributed by atoms with E-state index in [1.165, 1.54) is 12.1 Å². The highest BCUT2D eigenvalue weighted by Gasteiger charge is 2.28. The zero-order chi connectivity index (χ0) is 14.5. The molecule has 3 nitrogen and oxygen atoms in total. The van der Waals surface area contributed by atoms with Crippen molar-refractivity contribution in [1.82, 2.24) is 4.90 Å². The predicted octanol–water partition coefficient (Wildman–Crippen LogP) is 2.34. The first-order chi connectivity index (χ1) is 9.60. The van der Waals surface area contributed by atoms with Crippen LogP contribution >= 0.6 is 0 Å². The summed E-state index contributed by atoms with van der Waals surface area (Å²) in [4.78, 5) is 14.0. The molecule has 4 heteroatoms. The van der Waals surface area contributed by atoms with Gasteiger partial charge in [0.2, 0.25) is 5.91 Å². The summed E-state index contributed by atoms with van der Waals surface area (Å²) < 4.78 is 12.9. The van der Waals surface area contributed by atoms with Gasteiger partial charge in [-0.15, -0.1) is 0 Å². The molecule has 1 aromatic carbocycles. The third-order valence-corrected chi connectivity index (χ3v) is 3.95. The van der Waals surface area contributed by atoms with Gasteiger partial charge in [-0.05, 0) is 42.9 Å². The summed E-state index contributed by atoms with van der Waals surface area (Å²) in [5.41, 5.74) is 7.02. The van der Waals surface area contributed by atoms with Crippen LogP contribution in [0.25, 0.3) is 0 Å². The molecule has 0 aromatic heterocycles. The summed E-state index contributed by atoms with van der Waals surface area (Å²) in [5.74, 6) is 0.328. The van der Waals surface area contributed by atoms with Gasteiger partial charge in [-0.2, -0.15) is 0 Å². The Morgan fingerprint density at radius 2 is 2.15 bits per heavy atom. The van der Waals surface area contributed by atoms with E-state index in [2.05, 4.69) is 0 Å². The van der Waals surface area contributed by atoms with Gasteiger partial charge in [0.05, 0.1) is 6.04 Å². The molecule has 1 fully saturated rings. The molecule has 1 aliphatic heterocycles. The van der Waals surface area contributed by atoms with Crippen LogP contribution in [0.4, 0.5) is 4.39 Å². The Morgan fingerprint density at radius 3 is 2.80 bits per heavy atom. The number of benzene rings is 1. The topological polar surface area (TPSA) is 46.3 Å². The molecule has 0 spiro atoms. The Labute approximate surface area is 120 Å². The first-order valence-electron chi connectivity index (χ1n) is 7.39. The first-order valence-corrected chi connectivity index (χ1v) is 7.39. The van der Waals surface area contributed by atoms with E-state index in [9.17, 15) is 9.18 Å². The number of nitrogens with zero attached hydrogens (tertiary/aromatic N) is 1. The Morgan fingerprint density at radius 1 is 1.45 bits per heavy atom. The Balaban J connectivity index is 1.86. The maximum absolute atomic E-state index is 12.9. The van der Waals surface area contributed by atoms with Crippen LogP contribution in [0.15, 0.2) is 24.3 Å². The van der Waals surface area contributed by atoms with Crippen LogP contribution in [0.1, 0.15) is 31.7 Å². The lowest BCUT2D eigenvalue weighted by atomic mass is 9.99. The van der Waals surface area contributed by atoms with Crippen LogP contribution in [0.3, 0.4) is 0 Å². The van der Waals surface area contributed by atoms with Gasteiger partial charge in [0.1, 0.15) is 5.82 Å². The minimum Gasteiger partial charge on any atom is -0.341 e. The van der Waals surface area contributed by atoms with E-state index in [1.807, 2.05) is 24.0 Å². The van der Waals surface area contributed by atoms with Gasteiger partial charge in [0, 0.05) is 13.1 Å². The number of likely N-dealkylation sites (tertiary alicyclic amines) is 1. The number of hydrogen-bond acceptors (Lipinski definition) is 2. The normalized spacial score (nSPS) is 20.1. The maximum Gasteiger partial charge on any atom is 0.239 e. The maximum atomic E-state index is 12.9. The molecule has 1 heterocycles. The number of halogens is 1. The molecule has 20 heavy (non-hydrogen) atoms. The highest BCUT2D eigenvalue weighted by atomic mass is 19.1. The summed E-state index contributed by atoms with van der Waals surface area (Å²) >= 11 is 0. The lowest BCUT2D eigenvalue weighted by Crippen LogP contribution is -2.42. The molecule has 0 radical (unpaired) electrons. The summed E-state index contributed by atoms with van der Waals surface area (Å²) in [6.07, 6.45) is 3.58. The molecule has 2 atom stereocenters. The number of nitrogens with two attached hydrogens (primary N) is 1. The minimum absolute atomic E-state index is 0.0773. The Kier molecular flexibility index (Phi) is 5.12. The van der Waals surface area contributed by atoms with Gasteiger partial charge in [0.15, 0.2) is 0 Å². The number of hydrogen-bond donors (Lipinski definition) is 1. The van der Waals surface area contributed by atoms with Crippen molar-refractivity contribution in [2.24, 2.45) is 11.7 Å². The minimum atomic E-state index is -0.357. The smallest absolute Gasteiger partial charge is 0.239 e. The number of carbonyl (C=O) groups is 1. The molecular weight excluding hydrogens is 255 g/mol. The van der Waals surface area contributed by atoms with Gasteiger partial charge in [-0.3, -0.25) is 4.79 Å². The van der Waals surface area contributed by atoms with Gasteiger partial charge in [-0.25, -0.2) is 4.39 Å². The summed E-state index contributed by atoms with van der Waals surface area (Å²) in [5, 5.41) is 0. The van der Waals surface area contributed by atoms with E-state index in [1.54, 1.807) is 0 Å². The van der Waals surface area contributed by atoms with E-state index in [0.29, 0.717) is 5.92 Å². The van der Waals surface area contributed by atoms with Crippen molar-refractivity contribution >= 4 is 5.91 Å². The zero-order valence-corrected chi connectivity index (χ0v) is 12.0. The first kappa shape index (κ1) is 15.0. The third-order valence-electron chi connectivity index (χ3n) is 3.95. The second kappa shape index (κ2) is 6.84. The van der Waals surface area contributed by atoms with E-state index >= 15 is 0 Å². The molecule has 0 bridgehead atoms. The standard InChI is InChI=1S/C16H23FN2O/c1-2-3-15(18)16(20)19-9-8-13(11-19)10-12-4-6-14(17)7-5-12/h4-7,13,15H,2-3,8-11,18H2,1H3. The zero-order valence-electron chi connectivity index (χ0n) is 12.0. The van der Waals surface area contributed by atoms with E-state index in [0.717, 1.165) is 44.3 Å². The molecule has 1 aromatic rings. The molecule has 2 unspecified atom stereocenters. The van der Waals surface area contributed by atoms with E-state index < -0.39 is 0 Å². The largest absolute Gasteiger partial charge is 0.341 e. The van der Waals surface area contributed by atoms with Gasteiger partial charge >= 0.3 is 0 Å². The van der Waals surface area contributed by atoms with Crippen LogP contribution in [0, 0.1) is 11.7 Å². The predicted molar refractivity (Wildman–Crippen MR) is 77.7 cm³/mol. The summed E-state index contributed by atoms with van der Waals surface area (Å²) in [6, 6.07) is 6.27. The fourth-order valence-corrected chi connectivity index (χ4v) is 2.82. The third kappa shape index (κ3) is 3.79.